The van der Waals surface area contributed by atoms with Crippen LogP contribution in [0.1, 0.15) is 40.0 Å². The van der Waals surface area contributed by atoms with E-state index in [1.807, 2.05) is 0 Å². The summed E-state index contributed by atoms with van der Waals surface area (Å²) < 4.78 is 9.90. The van der Waals surface area contributed by atoms with Gasteiger partial charge < -0.3 is 19.7 Å². The second-order valence-corrected chi connectivity index (χ2v) is 5.93. The summed E-state index contributed by atoms with van der Waals surface area (Å²) >= 11 is 0. The van der Waals surface area contributed by atoms with Gasteiger partial charge in [0.15, 0.2) is 6.61 Å². The summed E-state index contributed by atoms with van der Waals surface area (Å²) in [6.07, 6.45) is 1.43. The third-order valence-corrected chi connectivity index (χ3v) is 2.81. The van der Waals surface area contributed by atoms with Crippen molar-refractivity contribution in [2.24, 2.45) is 0 Å². The number of alkyl carbamates (subject to hydrolysis) is 1. The molecule has 0 bridgehead atoms. The first-order chi connectivity index (χ1) is 9.78. The highest BCUT2D eigenvalue weighted by Gasteiger charge is 2.19. The highest BCUT2D eigenvalue weighted by molar-refractivity contribution is 5.81. The van der Waals surface area contributed by atoms with Crippen molar-refractivity contribution in [3.63, 3.8) is 0 Å². The Labute approximate surface area is 124 Å². The van der Waals surface area contributed by atoms with Gasteiger partial charge in [0, 0.05) is 19.6 Å². The van der Waals surface area contributed by atoms with Crippen molar-refractivity contribution in [2.75, 3.05) is 26.2 Å². The Hall–Kier alpha value is -1.79. The first-order valence-corrected chi connectivity index (χ1v) is 7.18. The van der Waals surface area contributed by atoms with Gasteiger partial charge >= 0.3 is 12.1 Å². The lowest BCUT2D eigenvalue weighted by atomic mass is 10.2. The van der Waals surface area contributed by atoms with Gasteiger partial charge in [-0.15, -0.1) is 0 Å². The van der Waals surface area contributed by atoms with E-state index in [9.17, 15) is 14.4 Å². The van der Waals surface area contributed by atoms with E-state index >= 15 is 0 Å². The van der Waals surface area contributed by atoms with Gasteiger partial charge in [0.1, 0.15) is 5.60 Å². The van der Waals surface area contributed by atoms with Gasteiger partial charge in [0.05, 0.1) is 6.42 Å². The van der Waals surface area contributed by atoms with Crippen LogP contribution in [0.5, 0.6) is 0 Å². The predicted octanol–water partition coefficient (Wildman–Crippen LogP) is 1.07. The zero-order valence-corrected chi connectivity index (χ0v) is 12.9. The predicted molar refractivity (Wildman–Crippen MR) is 75.6 cm³/mol. The fourth-order valence-corrected chi connectivity index (χ4v) is 1.85. The van der Waals surface area contributed by atoms with Gasteiger partial charge in [-0.3, -0.25) is 9.59 Å². The molecule has 0 aromatic carbocycles. The minimum atomic E-state index is -0.580. The normalized spacial score (nSPS) is 14.7. The van der Waals surface area contributed by atoms with E-state index in [4.69, 9.17) is 9.47 Å². The highest BCUT2D eigenvalue weighted by atomic mass is 16.6. The number of rotatable bonds is 5. The molecule has 1 aliphatic rings. The van der Waals surface area contributed by atoms with Crippen LogP contribution in [-0.4, -0.2) is 54.7 Å². The average molecular weight is 300 g/mol. The lowest BCUT2D eigenvalue weighted by Crippen LogP contribution is -2.34. The van der Waals surface area contributed by atoms with E-state index in [2.05, 4.69) is 5.32 Å². The smallest absolute Gasteiger partial charge is 0.407 e. The summed E-state index contributed by atoms with van der Waals surface area (Å²) in [5.74, 6) is -0.681. The maximum atomic E-state index is 11.6. The minimum absolute atomic E-state index is 0.00647. The van der Waals surface area contributed by atoms with Crippen LogP contribution in [0.4, 0.5) is 4.79 Å². The van der Waals surface area contributed by atoms with Crippen molar-refractivity contribution in [3.05, 3.63) is 0 Å². The van der Waals surface area contributed by atoms with Crippen LogP contribution in [0.25, 0.3) is 0 Å². The number of likely N-dealkylation sites (tertiary alicyclic amines) is 1. The molecule has 1 rings (SSSR count). The van der Waals surface area contributed by atoms with Gasteiger partial charge in [-0.1, -0.05) is 0 Å². The molecule has 7 heteroatoms. The molecule has 0 atom stereocenters. The number of esters is 1. The Balaban J connectivity index is 2.11. The van der Waals surface area contributed by atoms with E-state index in [1.54, 1.807) is 25.7 Å². The average Bonchev–Trinajstić information content (AvgIpc) is 2.87. The lowest BCUT2D eigenvalue weighted by molar-refractivity contribution is -0.151. The second-order valence-electron chi connectivity index (χ2n) is 5.93. The fourth-order valence-electron chi connectivity index (χ4n) is 1.85. The van der Waals surface area contributed by atoms with E-state index in [0.717, 1.165) is 25.9 Å². The Bertz CT molecular complexity index is 383. The van der Waals surface area contributed by atoms with E-state index in [-0.39, 0.29) is 25.5 Å². The molecule has 0 saturated carbocycles. The molecular weight excluding hydrogens is 276 g/mol. The topological polar surface area (TPSA) is 84.9 Å². The molecule has 0 aliphatic carbocycles. The van der Waals surface area contributed by atoms with Gasteiger partial charge in [-0.2, -0.15) is 0 Å². The van der Waals surface area contributed by atoms with Crippen LogP contribution in [0.2, 0.25) is 0 Å². The summed E-state index contributed by atoms with van der Waals surface area (Å²) in [6, 6.07) is 0. The quantitative estimate of drug-likeness (QED) is 0.768. The second kappa shape index (κ2) is 7.85. The zero-order valence-electron chi connectivity index (χ0n) is 12.9. The van der Waals surface area contributed by atoms with Crippen molar-refractivity contribution >= 4 is 18.0 Å². The third kappa shape index (κ3) is 7.53. The van der Waals surface area contributed by atoms with Crippen molar-refractivity contribution in [1.82, 2.24) is 10.2 Å². The van der Waals surface area contributed by atoms with Gasteiger partial charge in [-0.25, -0.2) is 4.79 Å². The summed E-state index contributed by atoms with van der Waals surface area (Å²) in [5.41, 5.74) is -0.577. The van der Waals surface area contributed by atoms with Crippen molar-refractivity contribution in [2.45, 2.75) is 45.6 Å². The SMILES string of the molecule is CC(C)(C)OC(=O)NCCC(=O)OCC(=O)N1CCCC1. The molecule has 0 unspecified atom stereocenters. The van der Waals surface area contributed by atoms with Crippen molar-refractivity contribution in [3.8, 4) is 0 Å². The van der Waals surface area contributed by atoms with E-state index < -0.39 is 17.7 Å². The van der Waals surface area contributed by atoms with Crippen LogP contribution in [-0.2, 0) is 19.1 Å². The van der Waals surface area contributed by atoms with Crippen LogP contribution in [0.15, 0.2) is 0 Å². The number of hydrogen-bond acceptors (Lipinski definition) is 5. The van der Waals surface area contributed by atoms with Crippen LogP contribution in [0, 0.1) is 0 Å². The molecule has 7 nitrogen and oxygen atoms in total. The Morgan fingerprint density at radius 1 is 1.14 bits per heavy atom. The van der Waals surface area contributed by atoms with E-state index in [1.165, 1.54) is 0 Å². The molecule has 1 aliphatic heterocycles. The number of nitrogens with zero attached hydrogens (tertiary/aromatic N) is 1. The van der Waals surface area contributed by atoms with Crippen LogP contribution >= 0.6 is 0 Å². The maximum absolute atomic E-state index is 11.6. The Morgan fingerprint density at radius 3 is 2.33 bits per heavy atom. The fraction of sp³-hybridized carbons (Fsp3) is 0.786. The number of ether oxygens (including phenoxy) is 2. The summed E-state index contributed by atoms with van der Waals surface area (Å²) in [4.78, 5) is 36.1. The number of carbonyl (C=O) groups excluding carboxylic acids is 3. The molecule has 120 valence electrons. The summed E-state index contributed by atoms with van der Waals surface area (Å²) in [6.45, 7) is 6.62. The Morgan fingerprint density at radius 2 is 1.76 bits per heavy atom. The molecule has 1 heterocycles. The molecule has 21 heavy (non-hydrogen) atoms. The van der Waals surface area contributed by atoms with Gasteiger partial charge in [0.2, 0.25) is 0 Å². The molecular formula is C14H24N2O5. The monoisotopic (exact) mass is 300 g/mol. The Kier molecular flexibility index (Phi) is 6.45. The molecule has 1 fully saturated rings. The van der Waals surface area contributed by atoms with Gasteiger partial charge in [0.25, 0.3) is 5.91 Å². The number of amides is 2. The van der Waals surface area contributed by atoms with Crippen molar-refractivity contribution < 1.29 is 23.9 Å². The standard InChI is InChI=1S/C14H24N2O5/c1-14(2,3)21-13(19)15-7-6-12(18)20-10-11(17)16-8-4-5-9-16/h4-10H2,1-3H3,(H,15,19). The first-order valence-electron chi connectivity index (χ1n) is 7.18. The molecule has 1 N–H and O–H groups in total. The first kappa shape index (κ1) is 17.3. The summed E-state index contributed by atoms with van der Waals surface area (Å²) in [7, 11) is 0. The maximum Gasteiger partial charge on any atom is 0.407 e. The molecule has 0 spiro atoms. The number of hydrogen-bond donors (Lipinski definition) is 1. The number of nitrogens with one attached hydrogen (secondary N) is 1. The zero-order chi connectivity index (χ0) is 15.9. The molecule has 2 amide bonds. The number of carbonyl (C=O) groups is 3. The molecule has 0 aromatic rings. The molecule has 0 radical (unpaired) electrons. The molecule has 0 aromatic heterocycles. The summed E-state index contributed by atoms with van der Waals surface area (Å²) in [5, 5.41) is 2.46. The van der Waals surface area contributed by atoms with Crippen LogP contribution in [0.3, 0.4) is 0 Å². The van der Waals surface area contributed by atoms with Gasteiger partial charge in [-0.05, 0) is 33.6 Å². The lowest BCUT2D eigenvalue weighted by Gasteiger charge is -2.19. The largest absolute Gasteiger partial charge is 0.456 e. The van der Waals surface area contributed by atoms with Crippen LogP contribution < -0.4 is 5.32 Å². The van der Waals surface area contributed by atoms with E-state index in [0.29, 0.717) is 0 Å². The molecule has 1 saturated heterocycles. The minimum Gasteiger partial charge on any atom is -0.456 e. The highest BCUT2D eigenvalue weighted by Crippen LogP contribution is 2.08. The third-order valence-electron chi connectivity index (χ3n) is 2.81. The van der Waals surface area contributed by atoms with Crippen molar-refractivity contribution in [1.29, 1.82) is 0 Å².